The third-order valence-corrected chi connectivity index (χ3v) is 3.53. The van der Waals surface area contributed by atoms with E-state index in [-0.39, 0.29) is 4.88 Å². The van der Waals surface area contributed by atoms with Crippen LogP contribution in [0.3, 0.4) is 0 Å². The summed E-state index contributed by atoms with van der Waals surface area (Å²) in [7, 11) is 0. The Morgan fingerprint density at radius 1 is 1.22 bits per heavy atom. The minimum absolute atomic E-state index is 0.236. The van der Waals surface area contributed by atoms with E-state index in [0.29, 0.717) is 10.1 Å². The zero-order valence-corrected chi connectivity index (χ0v) is 9.87. The first-order chi connectivity index (χ1) is 8.35. The van der Waals surface area contributed by atoms with Crippen molar-refractivity contribution in [1.29, 1.82) is 0 Å². The lowest BCUT2D eigenvalue weighted by Gasteiger charge is -2.03. The van der Waals surface area contributed by atoms with Gasteiger partial charge in [0, 0.05) is 11.1 Å². The summed E-state index contributed by atoms with van der Waals surface area (Å²) in [4.78, 5) is 11.8. The van der Waals surface area contributed by atoms with Gasteiger partial charge >= 0.3 is 6.18 Å². The number of ketones is 1. The van der Waals surface area contributed by atoms with E-state index < -0.39 is 30.6 Å². The maximum absolute atomic E-state index is 12.9. The first-order valence-corrected chi connectivity index (χ1v) is 5.96. The Kier molecular flexibility index (Phi) is 3.38. The van der Waals surface area contributed by atoms with Crippen LogP contribution in [0.15, 0.2) is 24.3 Å². The van der Waals surface area contributed by atoms with Crippen LogP contribution in [0.4, 0.5) is 17.6 Å². The van der Waals surface area contributed by atoms with Gasteiger partial charge in [-0.25, -0.2) is 4.39 Å². The van der Waals surface area contributed by atoms with Gasteiger partial charge in [-0.05, 0) is 23.6 Å². The fourth-order valence-electron chi connectivity index (χ4n) is 1.52. The number of hydrogen-bond acceptors (Lipinski definition) is 2. The number of benzene rings is 1. The van der Waals surface area contributed by atoms with Crippen LogP contribution >= 0.6 is 11.3 Å². The van der Waals surface area contributed by atoms with E-state index in [9.17, 15) is 22.4 Å². The molecule has 1 aromatic heterocycles. The molecule has 0 saturated carbocycles. The van der Waals surface area contributed by atoms with Crippen LogP contribution in [0.1, 0.15) is 22.5 Å². The lowest BCUT2D eigenvalue weighted by atomic mass is 10.1. The molecule has 0 aliphatic carbocycles. The summed E-state index contributed by atoms with van der Waals surface area (Å²) in [5.74, 6) is -0.993. The largest absolute Gasteiger partial charge is 0.389 e. The Hall–Kier alpha value is -1.43. The average molecular weight is 276 g/mol. The molecule has 0 unspecified atom stereocenters. The molecule has 0 fully saturated rings. The van der Waals surface area contributed by atoms with Crippen molar-refractivity contribution in [3.05, 3.63) is 35.0 Å². The average Bonchev–Trinajstić information content (AvgIpc) is 2.67. The number of carbonyl (C=O) groups excluding carboxylic acids is 1. The van der Waals surface area contributed by atoms with E-state index in [2.05, 4.69) is 0 Å². The Balaban J connectivity index is 2.18. The Bertz CT molecular complexity index is 585. The van der Waals surface area contributed by atoms with E-state index in [0.717, 1.165) is 11.3 Å². The number of alkyl halides is 3. The van der Waals surface area contributed by atoms with Crippen molar-refractivity contribution in [2.75, 3.05) is 0 Å². The van der Waals surface area contributed by atoms with Crippen molar-refractivity contribution in [3.63, 3.8) is 0 Å². The number of carbonyl (C=O) groups is 1. The predicted octanol–water partition coefficient (Wildman–Crippen LogP) is 4.57. The highest BCUT2D eigenvalue weighted by atomic mass is 32.1. The Labute approximate surface area is 104 Å². The van der Waals surface area contributed by atoms with Crippen LogP contribution < -0.4 is 0 Å². The molecule has 18 heavy (non-hydrogen) atoms. The summed E-state index contributed by atoms with van der Waals surface area (Å²) in [6.07, 6.45) is -6.04. The minimum atomic E-state index is -4.33. The van der Waals surface area contributed by atoms with Crippen LogP contribution in [-0.4, -0.2) is 12.0 Å². The third kappa shape index (κ3) is 3.07. The smallest absolute Gasteiger partial charge is 0.293 e. The number of Topliss-reactive ketones (excluding diaryl/α,β-unsaturated/α-hetero) is 1. The molecule has 1 nitrogen and oxygen atoms in total. The van der Waals surface area contributed by atoms with Crippen molar-refractivity contribution in [1.82, 2.24) is 0 Å². The summed E-state index contributed by atoms with van der Waals surface area (Å²) in [5.41, 5.74) is 0. The van der Waals surface area contributed by atoms with E-state index in [1.165, 1.54) is 24.3 Å². The van der Waals surface area contributed by atoms with Crippen molar-refractivity contribution >= 4 is 27.2 Å². The number of hydrogen-bond donors (Lipinski definition) is 0. The molecule has 6 heteroatoms. The molecular formula is C12H8F4OS. The van der Waals surface area contributed by atoms with Gasteiger partial charge in [0.25, 0.3) is 0 Å². The van der Waals surface area contributed by atoms with Gasteiger partial charge in [0.2, 0.25) is 0 Å². The van der Waals surface area contributed by atoms with Gasteiger partial charge < -0.3 is 0 Å². The summed E-state index contributed by atoms with van der Waals surface area (Å²) in [5, 5.41) is 0.664. The maximum atomic E-state index is 12.9. The fraction of sp³-hybridized carbons (Fsp3) is 0.250. The highest BCUT2D eigenvalue weighted by molar-refractivity contribution is 7.20. The second kappa shape index (κ2) is 4.68. The first kappa shape index (κ1) is 13.0. The highest BCUT2D eigenvalue weighted by Crippen LogP contribution is 2.29. The Morgan fingerprint density at radius 3 is 2.61 bits per heavy atom. The van der Waals surface area contributed by atoms with Crippen molar-refractivity contribution in [3.8, 4) is 0 Å². The quantitative estimate of drug-likeness (QED) is 0.593. The molecule has 0 N–H and O–H groups in total. The van der Waals surface area contributed by atoms with E-state index in [1.807, 2.05) is 0 Å². The number of halogens is 4. The third-order valence-electron chi connectivity index (χ3n) is 2.39. The highest BCUT2D eigenvalue weighted by Gasteiger charge is 2.28. The summed E-state index contributed by atoms with van der Waals surface area (Å²) in [6, 6.07) is 5.51. The summed E-state index contributed by atoms with van der Waals surface area (Å²) < 4.78 is 49.5. The van der Waals surface area contributed by atoms with E-state index in [1.54, 1.807) is 0 Å². The number of thiophene rings is 1. The molecule has 2 rings (SSSR count). The fourth-order valence-corrected chi connectivity index (χ4v) is 2.58. The molecule has 0 aliphatic rings. The minimum Gasteiger partial charge on any atom is -0.293 e. The Morgan fingerprint density at radius 2 is 1.94 bits per heavy atom. The van der Waals surface area contributed by atoms with Gasteiger partial charge in [-0.15, -0.1) is 11.3 Å². The molecule has 0 saturated heterocycles. The molecule has 1 aromatic carbocycles. The summed E-state index contributed by atoms with van der Waals surface area (Å²) in [6.45, 7) is 0. The zero-order valence-electron chi connectivity index (χ0n) is 9.05. The van der Waals surface area contributed by atoms with Gasteiger partial charge in [-0.2, -0.15) is 13.2 Å². The number of rotatable bonds is 3. The predicted molar refractivity (Wildman–Crippen MR) is 61.4 cm³/mol. The van der Waals surface area contributed by atoms with Crippen LogP contribution in [0.5, 0.6) is 0 Å². The molecule has 0 bridgehead atoms. The number of fused-ring (bicyclic) bond motifs is 1. The van der Waals surface area contributed by atoms with E-state index in [4.69, 9.17) is 0 Å². The molecule has 1 heterocycles. The molecule has 0 atom stereocenters. The van der Waals surface area contributed by atoms with E-state index >= 15 is 0 Å². The molecular weight excluding hydrogens is 268 g/mol. The van der Waals surface area contributed by atoms with Crippen LogP contribution in [0, 0.1) is 5.82 Å². The van der Waals surface area contributed by atoms with Gasteiger partial charge in [0.15, 0.2) is 5.78 Å². The standard InChI is InChI=1S/C12H8F4OS/c13-8-2-1-7-5-11(18-10(7)6-8)9(17)3-4-12(14,15)16/h1-2,5-6H,3-4H2. The molecule has 2 aromatic rings. The first-order valence-electron chi connectivity index (χ1n) is 5.14. The topological polar surface area (TPSA) is 17.1 Å². The monoisotopic (exact) mass is 276 g/mol. The van der Waals surface area contributed by atoms with Crippen molar-refractivity contribution in [2.45, 2.75) is 19.0 Å². The van der Waals surface area contributed by atoms with Gasteiger partial charge in [-0.1, -0.05) is 6.07 Å². The molecule has 96 valence electrons. The zero-order chi connectivity index (χ0) is 13.3. The van der Waals surface area contributed by atoms with Crippen molar-refractivity contribution < 1.29 is 22.4 Å². The lowest BCUT2D eigenvalue weighted by Crippen LogP contribution is -2.10. The molecule has 0 amide bonds. The summed E-state index contributed by atoms with van der Waals surface area (Å²) >= 11 is 1.01. The normalized spacial score (nSPS) is 12.0. The molecule has 0 radical (unpaired) electrons. The second-order valence-corrected chi connectivity index (χ2v) is 4.91. The van der Waals surface area contributed by atoms with Gasteiger partial charge in [0.1, 0.15) is 5.82 Å². The maximum Gasteiger partial charge on any atom is 0.389 e. The SMILES string of the molecule is O=C(CCC(F)(F)F)c1cc2ccc(F)cc2s1. The second-order valence-electron chi connectivity index (χ2n) is 3.83. The van der Waals surface area contributed by atoms with Gasteiger partial charge in [-0.3, -0.25) is 4.79 Å². The van der Waals surface area contributed by atoms with Crippen LogP contribution in [0.2, 0.25) is 0 Å². The van der Waals surface area contributed by atoms with Crippen LogP contribution in [0.25, 0.3) is 10.1 Å². The lowest BCUT2D eigenvalue weighted by molar-refractivity contribution is -0.133. The van der Waals surface area contributed by atoms with Crippen LogP contribution in [-0.2, 0) is 0 Å². The molecule has 0 aliphatic heterocycles. The molecule has 0 spiro atoms. The van der Waals surface area contributed by atoms with Gasteiger partial charge in [0.05, 0.1) is 11.3 Å². The van der Waals surface area contributed by atoms with Crippen molar-refractivity contribution in [2.24, 2.45) is 0 Å².